The summed E-state index contributed by atoms with van der Waals surface area (Å²) in [5.74, 6) is -0.0132. The zero-order valence-electron chi connectivity index (χ0n) is 9.04. The molecule has 0 saturated carbocycles. The highest BCUT2D eigenvalue weighted by atomic mass is 32.1. The van der Waals surface area contributed by atoms with Crippen molar-refractivity contribution >= 4 is 33.3 Å². The highest BCUT2D eigenvalue weighted by Gasteiger charge is 2.32. The molecule has 2 aromatic rings. The quantitative estimate of drug-likeness (QED) is 0.878. The van der Waals surface area contributed by atoms with Gasteiger partial charge in [0.1, 0.15) is 12.4 Å². The van der Waals surface area contributed by atoms with Crippen molar-refractivity contribution in [1.82, 2.24) is 9.97 Å². The van der Waals surface area contributed by atoms with E-state index in [2.05, 4.69) is 9.97 Å². The molecular formula is C11H11N3O2S. The number of aliphatic carboxylic acids is 1. The van der Waals surface area contributed by atoms with Gasteiger partial charge in [0.25, 0.3) is 0 Å². The fourth-order valence-electron chi connectivity index (χ4n) is 2.26. The van der Waals surface area contributed by atoms with Gasteiger partial charge in [-0.1, -0.05) is 0 Å². The third-order valence-corrected chi connectivity index (χ3v) is 3.93. The van der Waals surface area contributed by atoms with Crippen molar-refractivity contribution in [1.29, 1.82) is 0 Å². The van der Waals surface area contributed by atoms with Crippen molar-refractivity contribution in [3.8, 4) is 0 Å². The highest BCUT2D eigenvalue weighted by Crippen LogP contribution is 2.32. The van der Waals surface area contributed by atoms with Crippen LogP contribution in [0.4, 0.5) is 5.82 Å². The first kappa shape index (κ1) is 10.5. The molecule has 0 bridgehead atoms. The van der Waals surface area contributed by atoms with E-state index >= 15 is 0 Å². The number of rotatable bonds is 2. The standard InChI is InChI=1S/C11H11N3O2S/c15-11(16)8-2-1-4-14(8)10-9-7(3-5-17-9)12-6-13-10/h3,5-6,8H,1-2,4H2,(H,15,16). The minimum atomic E-state index is -0.772. The minimum Gasteiger partial charge on any atom is -0.480 e. The SMILES string of the molecule is O=C(O)C1CCCN1c1ncnc2ccsc12. The van der Waals surface area contributed by atoms with Gasteiger partial charge in [0.2, 0.25) is 0 Å². The largest absolute Gasteiger partial charge is 0.480 e. The van der Waals surface area contributed by atoms with E-state index < -0.39 is 12.0 Å². The molecule has 3 heterocycles. The number of hydrogen-bond acceptors (Lipinski definition) is 5. The summed E-state index contributed by atoms with van der Waals surface area (Å²) in [7, 11) is 0. The van der Waals surface area contributed by atoms with Gasteiger partial charge in [-0.3, -0.25) is 0 Å². The Morgan fingerprint density at radius 2 is 2.41 bits per heavy atom. The fraction of sp³-hybridized carbons (Fsp3) is 0.364. The molecule has 1 saturated heterocycles. The van der Waals surface area contributed by atoms with Gasteiger partial charge in [0.15, 0.2) is 5.82 Å². The van der Waals surface area contributed by atoms with Gasteiger partial charge < -0.3 is 10.0 Å². The first-order valence-electron chi connectivity index (χ1n) is 5.45. The lowest BCUT2D eigenvalue weighted by Crippen LogP contribution is -2.36. The molecule has 88 valence electrons. The molecule has 0 radical (unpaired) electrons. The Morgan fingerprint density at radius 1 is 1.53 bits per heavy atom. The Labute approximate surface area is 102 Å². The zero-order valence-corrected chi connectivity index (χ0v) is 9.85. The average Bonchev–Trinajstić information content (AvgIpc) is 2.97. The van der Waals surface area contributed by atoms with Crippen LogP contribution in [0.2, 0.25) is 0 Å². The molecule has 17 heavy (non-hydrogen) atoms. The predicted octanol–water partition coefficient (Wildman–Crippen LogP) is 1.74. The molecule has 6 heteroatoms. The molecule has 0 aromatic carbocycles. The van der Waals surface area contributed by atoms with Crippen molar-refractivity contribution in [3.63, 3.8) is 0 Å². The van der Waals surface area contributed by atoms with Gasteiger partial charge in [0.05, 0.1) is 10.2 Å². The highest BCUT2D eigenvalue weighted by molar-refractivity contribution is 7.17. The predicted molar refractivity (Wildman–Crippen MR) is 65.4 cm³/mol. The van der Waals surface area contributed by atoms with E-state index in [1.165, 1.54) is 6.33 Å². The molecular weight excluding hydrogens is 238 g/mol. The molecule has 1 aliphatic heterocycles. The number of fused-ring (bicyclic) bond motifs is 1. The maximum absolute atomic E-state index is 11.2. The maximum Gasteiger partial charge on any atom is 0.326 e. The molecule has 0 spiro atoms. The van der Waals surface area contributed by atoms with Gasteiger partial charge in [-0.15, -0.1) is 11.3 Å². The molecule has 1 aliphatic rings. The monoisotopic (exact) mass is 249 g/mol. The zero-order chi connectivity index (χ0) is 11.8. The first-order valence-corrected chi connectivity index (χ1v) is 6.33. The lowest BCUT2D eigenvalue weighted by atomic mass is 10.2. The van der Waals surface area contributed by atoms with E-state index in [1.54, 1.807) is 11.3 Å². The van der Waals surface area contributed by atoms with E-state index in [-0.39, 0.29) is 0 Å². The number of nitrogens with zero attached hydrogens (tertiary/aromatic N) is 3. The molecule has 0 aliphatic carbocycles. The van der Waals surface area contributed by atoms with Gasteiger partial charge >= 0.3 is 5.97 Å². The van der Waals surface area contributed by atoms with Crippen LogP contribution < -0.4 is 4.90 Å². The van der Waals surface area contributed by atoms with E-state index in [4.69, 9.17) is 0 Å². The van der Waals surface area contributed by atoms with Crippen LogP contribution in [0, 0.1) is 0 Å². The van der Waals surface area contributed by atoms with Crippen LogP contribution in [-0.2, 0) is 4.79 Å². The molecule has 3 rings (SSSR count). The number of thiophene rings is 1. The van der Waals surface area contributed by atoms with E-state index in [9.17, 15) is 9.90 Å². The number of anilines is 1. The lowest BCUT2D eigenvalue weighted by Gasteiger charge is -2.22. The molecule has 0 amide bonds. The minimum absolute atomic E-state index is 0.449. The van der Waals surface area contributed by atoms with Crippen molar-refractivity contribution in [2.24, 2.45) is 0 Å². The molecule has 1 unspecified atom stereocenters. The van der Waals surface area contributed by atoms with Gasteiger partial charge in [-0.2, -0.15) is 0 Å². The van der Waals surface area contributed by atoms with Crippen molar-refractivity contribution in [2.75, 3.05) is 11.4 Å². The van der Waals surface area contributed by atoms with E-state index in [1.807, 2.05) is 16.3 Å². The summed E-state index contributed by atoms with van der Waals surface area (Å²) in [6.07, 6.45) is 3.08. The normalized spacial score (nSPS) is 20.0. The first-order chi connectivity index (χ1) is 8.27. The molecule has 1 N–H and O–H groups in total. The van der Waals surface area contributed by atoms with Crippen LogP contribution in [0.3, 0.4) is 0 Å². The molecule has 2 aromatic heterocycles. The van der Waals surface area contributed by atoms with Crippen molar-refractivity contribution in [2.45, 2.75) is 18.9 Å². The second-order valence-electron chi connectivity index (χ2n) is 4.02. The summed E-state index contributed by atoms with van der Waals surface area (Å²) >= 11 is 1.55. The van der Waals surface area contributed by atoms with Crippen LogP contribution in [0.15, 0.2) is 17.8 Å². The Bertz CT molecular complexity index is 569. The van der Waals surface area contributed by atoms with Gasteiger partial charge in [0, 0.05) is 6.54 Å². The Balaban J connectivity index is 2.08. The second-order valence-corrected chi connectivity index (χ2v) is 4.94. The molecule has 1 fully saturated rings. The smallest absolute Gasteiger partial charge is 0.326 e. The van der Waals surface area contributed by atoms with Gasteiger partial charge in [-0.05, 0) is 24.3 Å². The summed E-state index contributed by atoms with van der Waals surface area (Å²) in [5, 5.41) is 11.1. The van der Waals surface area contributed by atoms with Crippen LogP contribution in [0.1, 0.15) is 12.8 Å². The number of carbonyl (C=O) groups is 1. The second kappa shape index (κ2) is 3.96. The number of aromatic nitrogens is 2. The van der Waals surface area contributed by atoms with Crippen LogP contribution in [-0.4, -0.2) is 33.6 Å². The van der Waals surface area contributed by atoms with E-state index in [0.29, 0.717) is 6.42 Å². The summed E-state index contributed by atoms with van der Waals surface area (Å²) < 4.78 is 0.973. The van der Waals surface area contributed by atoms with Crippen LogP contribution in [0.25, 0.3) is 10.2 Å². The fourth-order valence-corrected chi connectivity index (χ4v) is 3.11. The number of carboxylic acid groups (broad SMARTS) is 1. The average molecular weight is 249 g/mol. The number of carboxylic acids is 1. The topological polar surface area (TPSA) is 66.3 Å². The number of hydrogen-bond donors (Lipinski definition) is 1. The Morgan fingerprint density at radius 3 is 3.24 bits per heavy atom. The van der Waals surface area contributed by atoms with Crippen molar-refractivity contribution in [3.05, 3.63) is 17.8 Å². The lowest BCUT2D eigenvalue weighted by molar-refractivity contribution is -0.138. The van der Waals surface area contributed by atoms with Gasteiger partial charge in [-0.25, -0.2) is 14.8 Å². The van der Waals surface area contributed by atoms with Crippen molar-refractivity contribution < 1.29 is 9.90 Å². The van der Waals surface area contributed by atoms with E-state index in [0.717, 1.165) is 29.0 Å². The van der Waals surface area contributed by atoms with Crippen LogP contribution in [0.5, 0.6) is 0 Å². The Kier molecular flexibility index (Phi) is 2.44. The third kappa shape index (κ3) is 1.64. The third-order valence-electron chi connectivity index (χ3n) is 3.03. The summed E-state index contributed by atoms with van der Waals surface area (Å²) in [5.41, 5.74) is 0.885. The summed E-state index contributed by atoms with van der Waals surface area (Å²) in [4.78, 5) is 21.5. The van der Waals surface area contributed by atoms with Crippen LogP contribution >= 0.6 is 11.3 Å². The summed E-state index contributed by atoms with van der Waals surface area (Å²) in [6.45, 7) is 0.751. The maximum atomic E-state index is 11.2. The Hall–Kier alpha value is -1.69. The molecule has 1 atom stereocenters. The molecule has 5 nitrogen and oxygen atoms in total. The summed E-state index contributed by atoms with van der Waals surface area (Å²) in [6, 6.07) is 1.48.